The van der Waals surface area contributed by atoms with E-state index in [1.165, 1.54) is 12.1 Å². The van der Waals surface area contributed by atoms with Crippen LogP contribution >= 0.6 is 11.6 Å². The summed E-state index contributed by atoms with van der Waals surface area (Å²) >= 11 is 5.64. The molecule has 1 amide bonds. The van der Waals surface area contributed by atoms with Crippen molar-refractivity contribution in [3.05, 3.63) is 34.6 Å². The molecule has 0 fully saturated rings. The molecular formula is C10H7ClF3N5O. The van der Waals surface area contributed by atoms with E-state index in [0.29, 0.717) is 4.68 Å². The SMILES string of the molecule is NC(=O)c1cnn(-c2ccc(Cl)c(N)n2)c1C(F)(F)F. The first-order valence-electron chi connectivity index (χ1n) is 5.09. The fourth-order valence-corrected chi connectivity index (χ4v) is 1.65. The summed E-state index contributed by atoms with van der Waals surface area (Å²) in [4.78, 5) is 14.7. The number of hydrogen-bond donors (Lipinski definition) is 2. The lowest BCUT2D eigenvalue weighted by Crippen LogP contribution is -2.21. The van der Waals surface area contributed by atoms with Crippen LogP contribution in [0.5, 0.6) is 0 Å². The number of carbonyl (C=O) groups is 1. The fraction of sp³-hybridized carbons (Fsp3) is 0.100. The van der Waals surface area contributed by atoms with E-state index in [4.69, 9.17) is 23.1 Å². The van der Waals surface area contributed by atoms with E-state index in [1.807, 2.05) is 0 Å². The van der Waals surface area contributed by atoms with E-state index in [2.05, 4.69) is 10.1 Å². The largest absolute Gasteiger partial charge is 0.434 e. The summed E-state index contributed by atoms with van der Waals surface area (Å²) in [5, 5.41) is 3.57. The lowest BCUT2D eigenvalue weighted by Gasteiger charge is -2.11. The zero-order valence-corrected chi connectivity index (χ0v) is 10.4. The van der Waals surface area contributed by atoms with Crippen LogP contribution < -0.4 is 11.5 Å². The Hall–Kier alpha value is -2.29. The third kappa shape index (κ3) is 2.39. The number of rotatable bonds is 2. The van der Waals surface area contributed by atoms with Crippen LogP contribution in [0.1, 0.15) is 16.1 Å². The number of nitrogens with zero attached hydrogens (tertiary/aromatic N) is 3. The maximum atomic E-state index is 13.0. The van der Waals surface area contributed by atoms with Gasteiger partial charge in [-0.05, 0) is 12.1 Å². The van der Waals surface area contributed by atoms with Crippen LogP contribution in [0.15, 0.2) is 18.3 Å². The molecule has 10 heteroatoms. The van der Waals surface area contributed by atoms with Crippen molar-refractivity contribution < 1.29 is 18.0 Å². The maximum absolute atomic E-state index is 13.0. The van der Waals surface area contributed by atoms with E-state index in [9.17, 15) is 18.0 Å². The number of anilines is 1. The smallest absolute Gasteiger partial charge is 0.382 e. The van der Waals surface area contributed by atoms with Crippen LogP contribution in [0.25, 0.3) is 5.82 Å². The predicted molar refractivity (Wildman–Crippen MR) is 64.3 cm³/mol. The third-order valence-corrected chi connectivity index (χ3v) is 2.70. The first kappa shape index (κ1) is 14.1. The summed E-state index contributed by atoms with van der Waals surface area (Å²) in [7, 11) is 0. The van der Waals surface area contributed by atoms with Crippen molar-refractivity contribution in [2.45, 2.75) is 6.18 Å². The number of nitrogen functional groups attached to an aromatic ring is 1. The average Bonchev–Trinajstić information content (AvgIpc) is 2.77. The number of alkyl halides is 3. The molecule has 0 saturated heterocycles. The van der Waals surface area contributed by atoms with E-state index >= 15 is 0 Å². The highest BCUT2D eigenvalue weighted by molar-refractivity contribution is 6.32. The monoisotopic (exact) mass is 305 g/mol. The molecule has 4 N–H and O–H groups in total. The van der Waals surface area contributed by atoms with Crippen molar-refractivity contribution in [3.8, 4) is 5.82 Å². The second-order valence-corrected chi connectivity index (χ2v) is 4.12. The predicted octanol–water partition coefficient (Wildman–Crippen LogP) is 1.62. The summed E-state index contributed by atoms with van der Waals surface area (Å²) in [6.45, 7) is 0. The van der Waals surface area contributed by atoms with Gasteiger partial charge < -0.3 is 11.5 Å². The van der Waals surface area contributed by atoms with Crippen molar-refractivity contribution in [1.82, 2.24) is 14.8 Å². The molecule has 2 rings (SSSR count). The van der Waals surface area contributed by atoms with Crippen LogP contribution in [0.4, 0.5) is 19.0 Å². The Kier molecular flexibility index (Phi) is 3.30. The lowest BCUT2D eigenvalue weighted by molar-refractivity contribution is -0.143. The zero-order chi connectivity index (χ0) is 15.1. The Bertz CT molecular complexity index is 682. The fourth-order valence-electron chi connectivity index (χ4n) is 1.54. The van der Waals surface area contributed by atoms with Crippen molar-refractivity contribution in [2.24, 2.45) is 5.73 Å². The van der Waals surface area contributed by atoms with Gasteiger partial charge in [0, 0.05) is 0 Å². The third-order valence-electron chi connectivity index (χ3n) is 2.38. The molecule has 0 bridgehead atoms. The van der Waals surface area contributed by atoms with E-state index in [-0.39, 0.29) is 16.7 Å². The average molecular weight is 306 g/mol. The molecule has 6 nitrogen and oxygen atoms in total. The summed E-state index contributed by atoms with van der Waals surface area (Å²) < 4.78 is 39.5. The molecule has 0 aliphatic carbocycles. The van der Waals surface area contributed by atoms with Gasteiger partial charge in [0.05, 0.1) is 16.8 Å². The number of hydrogen-bond acceptors (Lipinski definition) is 4. The van der Waals surface area contributed by atoms with Gasteiger partial charge in [-0.25, -0.2) is 9.67 Å². The van der Waals surface area contributed by atoms with Crippen molar-refractivity contribution in [3.63, 3.8) is 0 Å². The van der Waals surface area contributed by atoms with E-state index in [0.717, 1.165) is 6.20 Å². The first-order chi connectivity index (χ1) is 9.21. The Morgan fingerprint density at radius 1 is 1.35 bits per heavy atom. The number of carbonyl (C=O) groups excluding carboxylic acids is 1. The molecule has 0 aliphatic rings. The number of halogens is 4. The number of primary amides is 1. The quantitative estimate of drug-likeness (QED) is 0.880. The van der Waals surface area contributed by atoms with Crippen LogP contribution in [-0.4, -0.2) is 20.7 Å². The minimum atomic E-state index is -4.84. The highest BCUT2D eigenvalue weighted by Crippen LogP contribution is 2.33. The van der Waals surface area contributed by atoms with Gasteiger partial charge in [-0.3, -0.25) is 4.79 Å². The first-order valence-corrected chi connectivity index (χ1v) is 5.47. The van der Waals surface area contributed by atoms with E-state index < -0.39 is 23.3 Å². The molecule has 0 aromatic carbocycles. The molecule has 0 unspecified atom stereocenters. The number of pyridine rings is 1. The van der Waals surface area contributed by atoms with Gasteiger partial charge >= 0.3 is 6.18 Å². The minimum Gasteiger partial charge on any atom is -0.382 e. The molecule has 0 aliphatic heterocycles. The van der Waals surface area contributed by atoms with Gasteiger partial charge in [-0.15, -0.1) is 0 Å². The molecular weight excluding hydrogens is 299 g/mol. The van der Waals surface area contributed by atoms with Gasteiger partial charge in [-0.2, -0.15) is 18.3 Å². The van der Waals surface area contributed by atoms with Gasteiger partial charge in [0.15, 0.2) is 11.5 Å². The summed E-state index contributed by atoms with van der Waals surface area (Å²) in [6, 6.07) is 2.46. The molecule has 0 spiro atoms. The molecule has 20 heavy (non-hydrogen) atoms. The van der Waals surface area contributed by atoms with Crippen LogP contribution in [0.2, 0.25) is 5.02 Å². The number of amides is 1. The van der Waals surface area contributed by atoms with Crippen LogP contribution in [0.3, 0.4) is 0 Å². The van der Waals surface area contributed by atoms with E-state index in [1.54, 1.807) is 0 Å². The summed E-state index contributed by atoms with van der Waals surface area (Å²) in [6.07, 6.45) is -4.12. The number of nitrogens with two attached hydrogens (primary N) is 2. The Labute approximate surface area is 115 Å². The standard InChI is InChI=1S/C10H7ClF3N5O/c11-5-1-2-6(18-8(5)15)19-7(10(12,13)14)4(3-17-19)9(16)20/h1-3H,(H2,15,18)(H2,16,20). The zero-order valence-electron chi connectivity index (χ0n) is 9.65. The Balaban J connectivity index is 2.68. The van der Waals surface area contributed by atoms with Crippen molar-refractivity contribution in [2.75, 3.05) is 5.73 Å². The van der Waals surface area contributed by atoms with Crippen molar-refractivity contribution >= 4 is 23.3 Å². The molecule has 0 saturated carbocycles. The topological polar surface area (TPSA) is 99.8 Å². The highest BCUT2D eigenvalue weighted by Gasteiger charge is 2.40. The van der Waals surface area contributed by atoms with Crippen LogP contribution in [-0.2, 0) is 6.18 Å². The molecule has 2 aromatic rings. The normalized spacial score (nSPS) is 11.6. The molecule has 2 heterocycles. The highest BCUT2D eigenvalue weighted by atomic mass is 35.5. The Morgan fingerprint density at radius 2 is 2.00 bits per heavy atom. The summed E-state index contributed by atoms with van der Waals surface area (Å²) in [5.41, 5.74) is 8.25. The second-order valence-electron chi connectivity index (χ2n) is 3.72. The van der Waals surface area contributed by atoms with Gasteiger partial charge in [-0.1, -0.05) is 11.6 Å². The maximum Gasteiger partial charge on any atom is 0.434 e. The molecule has 0 atom stereocenters. The molecule has 106 valence electrons. The Morgan fingerprint density at radius 3 is 2.50 bits per heavy atom. The minimum absolute atomic E-state index is 0.0876. The van der Waals surface area contributed by atoms with Gasteiger partial charge in [0.2, 0.25) is 0 Å². The lowest BCUT2D eigenvalue weighted by atomic mass is 10.2. The van der Waals surface area contributed by atoms with Gasteiger partial charge in [0.25, 0.3) is 5.91 Å². The van der Waals surface area contributed by atoms with Crippen LogP contribution in [0, 0.1) is 0 Å². The molecule has 0 radical (unpaired) electrons. The van der Waals surface area contributed by atoms with Gasteiger partial charge in [0.1, 0.15) is 5.82 Å². The summed E-state index contributed by atoms with van der Waals surface area (Å²) in [5.74, 6) is -1.63. The number of aromatic nitrogens is 3. The molecule has 2 aromatic heterocycles. The second kappa shape index (κ2) is 4.67. The van der Waals surface area contributed by atoms with Crippen molar-refractivity contribution in [1.29, 1.82) is 0 Å².